The molecule has 2 saturated heterocycles. The van der Waals surface area contributed by atoms with E-state index in [1.54, 1.807) is 11.8 Å². The molecule has 0 saturated carbocycles. The second kappa shape index (κ2) is 7.15. The van der Waals surface area contributed by atoms with E-state index in [0.29, 0.717) is 26.2 Å². The summed E-state index contributed by atoms with van der Waals surface area (Å²) in [6.07, 6.45) is 1.21. The molecular weight excluding hydrogens is 324 g/mol. The predicted molar refractivity (Wildman–Crippen MR) is 95.0 cm³/mol. The minimum atomic E-state index is -0.416. The molecular formula is C18H24N2O3S. The second-order valence-corrected chi connectivity index (χ2v) is 7.88. The fraction of sp³-hybridized carbons (Fsp3) is 0.556. The Labute approximate surface area is 147 Å². The first-order chi connectivity index (χ1) is 11.5. The van der Waals surface area contributed by atoms with Crippen LogP contribution in [0, 0.1) is 12.3 Å². The molecule has 0 unspecified atom stereocenters. The lowest BCUT2D eigenvalue weighted by Gasteiger charge is -2.25. The normalized spacial score (nSPS) is 23.7. The summed E-state index contributed by atoms with van der Waals surface area (Å²) < 4.78 is 5.74. The van der Waals surface area contributed by atoms with E-state index in [4.69, 9.17) is 4.74 Å². The molecule has 1 aromatic rings. The average molecular weight is 348 g/mol. The van der Waals surface area contributed by atoms with Crippen molar-refractivity contribution in [2.45, 2.75) is 19.8 Å². The monoisotopic (exact) mass is 348 g/mol. The molecule has 1 aromatic carbocycles. The highest BCUT2D eigenvalue weighted by Crippen LogP contribution is 2.44. The first-order valence-corrected chi connectivity index (χ1v) is 9.46. The highest BCUT2D eigenvalue weighted by atomic mass is 32.2. The number of nitrogens with zero attached hydrogens (tertiary/aromatic N) is 2. The number of imide groups is 1. The molecule has 0 aliphatic carbocycles. The Balaban J connectivity index is 1.49. The first-order valence-electron chi connectivity index (χ1n) is 8.31. The molecule has 2 aliphatic heterocycles. The highest BCUT2D eigenvalue weighted by Gasteiger charge is 2.53. The van der Waals surface area contributed by atoms with Crippen LogP contribution in [0.3, 0.4) is 0 Å². The number of likely N-dealkylation sites (tertiary alicyclic amines) is 1. The lowest BCUT2D eigenvalue weighted by atomic mass is 9.86. The SMILES string of the molecule is Cc1cccc(OCCN(C)CN2C(=O)C[C@]3(CCSC3)C2=O)c1. The van der Waals surface area contributed by atoms with Gasteiger partial charge in [0, 0.05) is 18.7 Å². The molecule has 2 heterocycles. The quantitative estimate of drug-likeness (QED) is 0.737. The zero-order valence-corrected chi connectivity index (χ0v) is 15.1. The molecule has 0 aromatic heterocycles. The van der Waals surface area contributed by atoms with Gasteiger partial charge in [-0.05, 0) is 43.8 Å². The molecule has 0 bridgehead atoms. The van der Waals surface area contributed by atoms with E-state index in [2.05, 4.69) is 0 Å². The Morgan fingerprint density at radius 1 is 1.38 bits per heavy atom. The fourth-order valence-corrected chi connectivity index (χ4v) is 4.70. The van der Waals surface area contributed by atoms with Gasteiger partial charge in [-0.15, -0.1) is 0 Å². The summed E-state index contributed by atoms with van der Waals surface area (Å²) in [6, 6.07) is 7.92. The van der Waals surface area contributed by atoms with E-state index >= 15 is 0 Å². The van der Waals surface area contributed by atoms with Crippen molar-refractivity contribution in [2.75, 3.05) is 38.4 Å². The van der Waals surface area contributed by atoms with Gasteiger partial charge in [0.25, 0.3) is 0 Å². The fourth-order valence-electron chi connectivity index (χ4n) is 3.26. The number of ether oxygens (including phenoxy) is 1. The molecule has 2 aliphatic rings. The van der Waals surface area contributed by atoms with Crippen LogP contribution < -0.4 is 4.74 Å². The van der Waals surface area contributed by atoms with Gasteiger partial charge in [0.05, 0.1) is 12.1 Å². The van der Waals surface area contributed by atoms with Gasteiger partial charge >= 0.3 is 0 Å². The van der Waals surface area contributed by atoms with E-state index in [1.807, 2.05) is 43.1 Å². The van der Waals surface area contributed by atoms with Crippen LogP contribution >= 0.6 is 11.8 Å². The lowest BCUT2D eigenvalue weighted by Crippen LogP contribution is -2.43. The van der Waals surface area contributed by atoms with Crippen molar-refractivity contribution in [3.63, 3.8) is 0 Å². The number of benzene rings is 1. The van der Waals surface area contributed by atoms with E-state index in [0.717, 1.165) is 29.2 Å². The number of aryl methyl sites for hydroxylation is 1. The third-order valence-corrected chi connectivity index (χ3v) is 5.96. The van der Waals surface area contributed by atoms with Gasteiger partial charge in [0.1, 0.15) is 12.4 Å². The van der Waals surface area contributed by atoms with Crippen molar-refractivity contribution in [2.24, 2.45) is 5.41 Å². The van der Waals surface area contributed by atoms with Gasteiger partial charge in [0.2, 0.25) is 11.8 Å². The van der Waals surface area contributed by atoms with E-state index in [1.165, 1.54) is 4.90 Å². The van der Waals surface area contributed by atoms with Crippen molar-refractivity contribution in [3.05, 3.63) is 29.8 Å². The number of carbonyl (C=O) groups is 2. The number of thioether (sulfide) groups is 1. The summed E-state index contributed by atoms with van der Waals surface area (Å²) in [5, 5.41) is 0. The van der Waals surface area contributed by atoms with Crippen LogP contribution in [0.15, 0.2) is 24.3 Å². The van der Waals surface area contributed by atoms with Crippen LogP contribution in [0.5, 0.6) is 5.75 Å². The first kappa shape index (κ1) is 17.3. The van der Waals surface area contributed by atoms with Crippen molar-refractivity contribution in [1.82, 2.24) is 9.80 Å². The number of hydrogen-bond acceptors (Lipinski definition) is 5. The Bertz CT molecular complexity index is 628. The minimum absolute atomic E-state index is 0.0175. The maximum absolute atomic E-state index is 12.6. The summed E-state index contributed by atoms with van der Waals surface area (Å²) in [5.74, 6) is 2.60. The largest absolute Gasteiger partial charge is 0.492 e. The Kier molecular flexibility index (Phi) is 5.15. The van der Waals surface area contributed by atoms with Crippen molar-refractivity contribution < 1.29 is 14.3 Å². The number of amides is 2. The molecule has 0 N–H and O–H groups in total. The van der Waals surface area contributed by atoms with Crippen LogP contribution in [0.25, 0.3) is 0 Å². The number of hydrogen-bond donors (Lipinski definition) is 0. The Hall–Kier alpha value is -1.53. The summed E-state index contributed by atoms with van der Waals surface area (Å²) >= 11 is 1.78. The summed E-state index contributed by atoms with van der Waals surface area (Å²) in [7, 11) is 1.91. The maximum atomic E-state index is 12.6. The summed E-state index contributed by atoms with van der Waals surface area (Å²) in [6.45, 7) is 3.56. The molecule has 0 radical (unpaired) electrons. The van der Waals surface area contributed by atoms with Gasteiger partial charge in [-0.3, -0.25) is 19.4 Å². The Morgan fingerprint density at radius 2 is 2.21 bits per heavy atom. The molecule has 5 nitrogen and oxygen atoms in total. The van der Waals surface area contributed by atoms with Gasteiger partial charge in [0.15, 0.2) is 0 Å². The van der Waals surface area contributed by atoms with Gasteiger partial charge in [-0.2, -0.15) is 11.8 Å². The van der Waals surface area contributed by atoms with E-state index < -0.39 is 5.41 Å². The standard InChI is InChI=1S/C18H24N2O3S/c1-14-4-3-5-15(10-14)23-8-7-19(2)13-20-16(21)11-18(17(20)22)6-9-24-12-18/h3-5,10H,6-9,11-13H2,1-2H3/t18-/m0/s1. The molecule has 2 fully saturated rings. The lowest BCUT2D eigenvalue weighted by molar-refractivity contribution is -0.143. The smallest absolute Gasteiger partial charge is 0.237 e. The molecule has 1 atom stereocenters. The highest BCUT2D eigenvalue weighted by molar-refractivity contribution is 7.99. The van der Waals surface area contributed by atoms with Gasteiger partial charge in [-0.25, -0.2) is 0 Å². The molecule has 1 spiro atoms. The molecule has 6 heteroatoms. The molecule has 2 amide bonds. The summed E-state index contributed by atoms with van der Waals surface area (Å²) in [4.78, 5) is 28.3. The third-order valence-electron chi connectivity index (χ3n) is 4.71. The molecule has 130 valence electrons. The van der Waals surface area contributed by atoms with E-state index in [-0.39, 0.29) is 11.8 Å². The minimum Gasteiger partial charge on any atom is -0.492 e. The molecule has 3 rings (SSSR count). The zero-order chi connectivity index (χ0) is 17.2. The number of rotatable bonds is 6. The predicted octanol–water partition coefficient (Wildman–Crippen LogP) is 2.15. The molecule has 24 heavy (non-hydrogen) atoms. The van der Waals surface area contributed by atoms with Crippen molar-refractivity contribution in [1.29, 1.82) is 0 Å². The topological polar surface area (TPSA) is 49.9 Å². The Morgan fingerprint density at radius 3 is 2.92 bits per heavy atom. The third kappa shape index (κ3) is 3.59. The number of likely N-dealkylation sites (N-methyl/N-ethyl adjacent to an activating group) is 1. The maximum Gasteiger partial charge on any atom is 0.237 e. The van der Waals surface area contributed by atoms with Crippen LogP contribution in [0.2, 0.25) is 0 Å². The van der Waals surface area contributed by atoms with Crippen molar-refractivity contribution >= 4 is 23.6 Å². The summed E-state index contributed by atoms with van der Waals surface area (Å²) in [5.41, 5.74) is 0.745. The van der Waals surface area contributed by atoms with Gasteiger partial charge < -0.3 is 4.74 Å². The zero-order valence-electron chi connectivity index (χ0n) is 14.3. The second-order valence-electron chi connectivity index (χ2n) is 6.77. The van der Waals surface area contributed by atoms with Crippen LogP contribution in [0.4, 0.5) is 0 Å². The van der Waals surface area contributed by atoms with Crippen molar-refractivity contribution in [3.8, 4) is 5.75 Å². The van der Waals surface area contributed by atoms with Crippen LogP contribution in [0.1, 0.15) is 18.4 Å². The number of carbonyl (C=O) groups excluding carboxylic acids is 2. The average Bonchev–Trinajstić information content (AvgIpc) is 3.09. The van der Waals surface area contributed by atoms with Gasteiger partial charge in [-0.1, -0.05) is 12.1 Å². The van der Waals surface area contributed by atoms with Crippen LogP contribution in [-0.2, 0) is 9.59 Å². The van der Waals surface area contributed by atoms with Crippen LogP contribution in [-0.4, -0.2) is 60.0 Å². The van der Waals surface area contributed by atoms with E-state index in [9.17, 15) is 9.59 Å².